The predicted octanol–water partition coefficient (Wildman–Crippen LogP) is 10.3. The number of fused-ring (bicyclic) bond motifs is 4. The van der Waals surface area contributed by atoms with Gasteiger partial charge in [-0.15, -0.1) is 0 Å². The van der Waals surface area contributed by atoms with Gasteiger partial charge in [0, 0.05) is 17.3 Å². The molecule has 7 rings (SSSR count). The minimum absolute atomic E-state index is 0.158. The summed E-state index contributed by atoms with van der Waals surface area (Å²) in [7, 11) is 0. The smallest absolute Gasteiger partial charge is 0.0415 e. The van der Waals surface area contributed by atoms with Crippen LogP contribution in [-0.2, 0) is 5.41 Å². The zero-order chi connectivity index (χ0) is 27.4. The Morgan fingerprint density at radius 1 is 0.575 bits per heavy atom. The van der Waals surface area contributed by atoms with E-state index in [0.29, 0.717) is 5.92 Å². The highest BCUT2D eigenvalue weighted by atomic mass is 14.5. The summed E-state index contributed by atoms with van der Waals surface area (Å²) in [5, 5.41) is 0. The average molecular weight is 517 g/mol. The summed E-state index contributed by atoms with van der Waals surface area (Å²) in [6.45, 7) is 9.07. The van der Waals surface area contributed by atoms with Gasteiger partial charge in [-0.1, -0.05) is 152 Å². The summed E-state index contributed by atoms with van der Waals surface area (Å²) >= 11 is 0. The lowest BCUT2D eigenvalue weighted by Crippen LogP contribution is -2.40. The van der Waals surface area contributed by atoms with Crippen molar-refractivity contribution < 1.29 is 0 Å². The fourth-order valence-electron chi connectivity index (χ4n) is 7.53. The molecule has 40 heavy (non-hydrogen) atoms. The van der Waals surface area contributed by atoms with Crippen molar-refractivity contribution in [2.75, 3.05) is 0 Å². The third-order valence-corrected chi connectivity index (χ3v) is 9.36. The second kappa shape index (κ2) is 9.49. The highest BCUT2D eigenvalue weighted by Crippen LogP contribution is 2.63. The molecule has 0 heterocycles. The van der Waals surface area contributed by atoms with Gasteiger partial charge in [-0.3, -0.25) is 0 Å². The van der Waals surface area contributed by atoms with Crippen LogP contribution in [0.2, 0.25) is 0 Å². The van der Waals surface area contributed by atoms with E-state index in [1.807, 2.05) is 0 Å². The summed E-state index contributed by atoms with van der Waals surface area (Å²) in [5.74, 6) is 0.814. The first-order chi connectivity index (χ1) is 19.5. The van der Waals surface area contributed by atoms with Crippen molar-refractivity contribution in [3.63, 3.8) is 0 Å². The standard InChI is InChI=1S/C40H36/c1-26(2)30-18-17-29-19-22-38(35(29)25-30)40(31-11-7-5-8-12-31,32-13-9-6-10-14-32)39-36-23-27(3)15-20-33(36)34-21-16-28(4)24-37(34)39/h5-26,38-39H,1-4H3. The van der Waals surface area contributed by atoms with Gasteiger partial charge in [0.05, 0.1) is 0 Å². The molecule has 0 nitrogen and oxygen atoms in total. The molecular formula is C40H36. The maximum Gasteiger partial charge on any atom is 0.0415 e. The maximum absolute atomic E-state index is 2.50. The van der Waals surface area contributed by atoms with E-state index >= 15 is 0 Å². The number of rotatable bonds is 5. The van der Waals surface area contributed by atoms with Gasteiger partial charge in [-0.25, -0.2) is 0 Å². The van der Waals surface area contributed by atoms with Crippen molar-refractivity contribution in [1.29, 1.82) is 0 Å². The lowest BCUT2D eigenvalue weighted by molar-refractivity contribution is 0.416. The molecule has 0 N–H and O–H groups in total. The SMILES string of the molecule is Cc1ccc2c(c1)C(C(c1ccccc1)(c1ccccc1)C1C=Cc3ccc(C(C)C)cc31)c1cc(C)ccc1-2. The van der Waals surface area contributed by atoms with Gasteiger partial charge in [0.25, 0.3) is 0 Å². The molecule has 0 aliphatic heterocycles. The first-order valence-electron chi connectivity index (χ1n) is 14.6. The molecule has 2 aliphatic carbocycles. The van der Waals surface area contributed by atoms with Gasteiger partial charge >= 0.3 is 0 Å². The molecule has 0 heteroatoms. The van der Waals surface area contributed by atoms with Crippen LogP contribution in [0.3, 0.4) is 0 Å². The fourth-order valence-corrected chi connectivity index (χ4v) is 7.53. The van der Waals surface area contributed by atoms with Gasteiger partial charge in [0.1, 0.15) is 0 Å². The molecule has 0 aromatic heterocycles. The zero-order valence-corrected chi connectivity index (χ0v) is 23.9. The van der Waals surface area contributed by atoms with E-state index in [1.54, 1.807) is 0 Å². The van der Waals surface area contributed by atoms with Crippen LogP contribution < -0.4 is 0 Å². The van der Waals surface area contributed by atoms with Crippen molar-refractivity contribution >= 4 is 6.08 Å². The Balaban J connectivity index is 1.63. The van der Waals surface area contributed by atoms with E-state index < -0.39 is 0 Å². The summed E-state index contributed by atoms with van der Waals surface area (Å²) in [6, 6.07) is 44.0. The third kappa shape index (κ3) is 3.66. The number of hydrogen-bond donors (Lipinski definition) is 0. The topological polar surface area (TPSA) is 0 Å². The molecule has 0 amide bonds. The van der Waals surface area contributed by atoms with Gasteiger partial charge in [0.2, 0.25) is 0 Å². The van der Waals surface area contributed by atoms with Gasteiger partial charge in [-0.05, 0) is 69.8 Å². The lowest BCUT2D eigenvalue weighted by Gasteiger charge is -2.46. The molecule has 5 aromatic rings. The normalized spacial score (nSPS) is 15.8. The van der Waals surface area contributed by atoms with Gasteiger partial charge < -0.3 is 0 Å². The van der Waals surface area contributed by atoms with E-state index in [4.69, 9.17) is 0 Å². The molecule has 1 unspecified atom stereocenters. The molecule has 0 bridgehead atoms. The molecule has 2 aliphatic rings. The van der Waals surface area contributed by atoms with Crippen LogP contribution in [0.15, 0.2) is 121 Å². The van der Waals surface area contributed by atoms with Crippen LogP contribution in [0.25, 0.3) is 17.2 Å². The van der Waals surface area contributed by atoms with Gasteiger partial charge in [0.15, 0.2) is 0 Å². The van der Waals surface area contributed by atoms with E-state index in [0.717, 1.165) is 0 Å². The quantitative estimate of drug-likeness (QED) is 0.218. The van der Waals surface area contributed by atoms with E-state index in [9.17, 15) is 0 Å². The molecule has 0 saturated heterocycles. The van der Waals surface area contributed by atoms with Crippen molar-refractivity contribution in [2.24, 2.45) is 0 Å². The molecule has 0 saturated carbocycles. The molecule has 0 fully saturated rings. The number of benzene rings is 5. The van der Waals surface area contributed by atoms with Crippen LogP contribution in [-0.4, -0.2) is 0 Å². The van der Waals surface area contributed by atoms with Crippen LogP contribution in [0, 0.1) is 13.8 Å². The minimum Gasteiger partial charge on any atom is -0.0751 e. The van der Waals surface area contributed by atoms with E-state index in [2.05, 4.69) is 155 Å². The first-order valence-corrected chi connectivity index (χ1v) is 14.6. The van der Waals surface area contributed by atoms with Crippen LogP contribution in [0.4, 0.5) is 0 Å². The van der Waals surface area contributed by atoms with Crippen LogP contribution in [0.5, 0.6) is 0 Å². The van der Waals surface area contributed by atoms with Crippen LogP contribution in [0.1, 0.15) is 81.7 Å². The molecule has 0 spiro atoms. The van der Waals surface area contributed by atoms with Crippen molar-refractivity contribution in [3.8, 4) is 11.1 Å². The largest absolute Gasteiger partial charge is 0.0751 e. The number of aryl methyl sites for hydroxylation is 2. The second-order valence-corrected chi connectivity index (χ2v) is 12.1. The number of hydrogen-bond acceptors (Lipinski definition) is 0. The maximum atomic E-state index is 2.50. The zero-order valence-electron chi connectivity index (χ0n) is 23.9. The Morgan fingerprint density at radius 3 is 1.65 bits per heavy atom. The predicted molar refractivity (Wildman–Crippen MR) is 169 cm³/mol. The highest BCUT2D eigenvalue weighted by Gasteiger charge is 2.53. The molecule has 5 aromatic carbocycles. The second-order valence-electron chi connectivity index (χ2n) is 12.1. The summed E-state index contributed by atoms with van der Waals surface area (Å²) < 4.78 is 0. The Morgan fingerprint density at radius 2 is 1.12 bits per heavy atom. The summed E-state index contributed by atoms with van der Waals surface area (Å²) in [4.78, 5) is 0. The molecular weight excluding hydrogens is 480 g/mol. The van der Waals surface area contributed by atoms with Crippen molar-refractivity contribution in [1.82, 2.24) is 0 Å². The number of allylic oxidation sites excluding steroid dienone is 1. The van der Waals surface area contributed by atoms with Crippen molar-refractivity contribution in [3.05, 3.63) is 171 Å². The monoisotopic (exact) mass is 516 g/mol. The van der Waals surface area contributed by atoms with Crippen molar-refractivity contribution in [2.45, 2.75) is 50.9 Å². The molecule has 196 valence electrons. The highest BCUT2D eigenvalue weighted by molar-refractivity contribution is 5.82. The summed E-state index contributed by atoms with van der Waals surface area (Å²) in [6.07, 6.45) is 4.87. The average Bonchev–Trinajstić information content (AvgIpc) is 3.54. The van der Waals surface area contributed by atoms with Crippen LogP contribution >= 0.6 is 0 Å². The fraction of sp³-hybridized carbons (Fsp3) is 0.200. The van der Waals surface area contributed by atoms with E-state index in [1.165, 1.54) is 61.2 Å². The molecule has 0 radical (unpaired) electrons. The Bertz CT molecular complexity index is 1650. The lowest BCUT2D eigenvalue weighted by atomic mass is 9.55. The Hall–Kier alpha value is -4.16. The Labute approximate surface area is 239 Å². The first kappa shape index (κ1) is 24.9. The molecule has 1 atom stereocenters. The van der Waals surface area contributed by atoms with E-state index in [-0.39, 0.29) is 17.3 Å². The summed E-state index contributed by atoms with van der Waals surface area (Å²) in [5.41, 5.74) is 14.8. The Kier molecular flexibility index (Phi) is 5.90. The minimum atomic E-state index is -0.346. The third-order valence-electron chi connectivity index (χ3n) is 9.36. The van der Waals surface area contributed by atoms with Gasteiger partial charge in [-0.2, -0.15) is 0 Å².